The maximum atomic E-state index is 13.0. The van der Waals surface area contributed by atoms with Gasteiger partial charge in [-0.05, 0) is 52.3 Å². The molecule has 17 heteroatoms. The number of esters is 5. The molecule has 0 aliphatic heterocycles. The molecule has 0 unspecified atom stereocenters. The summed E-state index contributed by atoms with van der Waals surface area (Å²) in [4.78, 5) is 86.4. The van der Waals surface area contributed by atoms with Gasteiger partial charge in [0.05, 0.1) is 12.0 Å². The Kier molecular flexibility index (Phi) is 19.5. The lowest BCUT2D eigenvalue weighted by Crippen LogP contribution is -2.44. The number of nitrogens with one attached hydrogen (secondary N) is 2. The maximum Gasteiger partial charge on any atom is 0.411 e. The van der Waals surface area contributed by atoms with E-state index in [-0.39, 0.29) is 40.1 Å². The topological polar surface area (TPSA) is 228 Å². The number of alkyl carbamates (subject to hydrolysis) is 1. The van der Waals surface area contributed by atoms with E-state index in [1.165, 1.54) is 46.8 Å². The molecule has 17 nitrogen and oxygen atoms in total. The second kappa shape index (κ2) is 22.9. The molecular formula is C39H50N2O15. The number of hydrogen-bond acceptors (Lipinski definition) is 15. The van der Waals surface area contributed by atoms with E-state index in [1.807, 2.05) is 0 Å². The van der Waals surface area contributed by atoms with Crippen LogP contribution in [0.5, 0.6) is 0 Å². The van der Waals surface area contributed by atoms with Crippen molar-refractivity contribution in [2.45, 2.75) is 41.2 Å². The largest absolute Gasteiger partial charge is 0.461 e. The van der Waals surface area contributed by atoms with Gasteiger partial charge in [0.15, 0.2) is 0 Å². The monoisotopic (exact) mass is 786 g/mol. The van der Waals surface area contributed by atoms with Crippen molar-refractivity contribution < 1.29 is 71.8 Å². The number of carbonyl (C=O) groups excluding carboxylic acids is 7. The zero-order valence-electron chi connectivity index (χ0n) is 32.4. The van der Waals surface area contributed by atoms with Gasteiger partial charge in [-0.1, -0.05) is 45.0 Å². The first-order valence-corrected chi connectivity index (χ1v) is 16.8. The van der Waals surface area contributed by atoms with Gasteiger partial charge in [-0.3, -0.25) is 5.32 Å². The average molecular weight is 787 g/mol. The van der Waals surface area contributed by atoms with Crippen LogP contribution in [0.2, 0.25) is 0 Å². The Morgan fingerprint density at radius 2 is 0.875 bits per heavy atom. The number of ether oxygens (including phenoxy) is 7. The predicted molar refractivity (Wildman–Crippen MR) is 200 cm³/mol. The van der Waals surface area contributed by atoms with Gasteiger partial charge in [-0.15, -0.1) is 0 Å². The summed E-state index contributed by atoms with van der Waals surface area (Å²) in [6, 6.07) is 6.20. The Morgan fingerprint density at radius 1 is 0.536 bits per heavy atom. The van der Waals surface area contributed by atoms with Gasteiger partial charge in [0.25, 0.3) is 0 Å². The standard InChI is InChI=1S/C39H50N2O15/c1-24(2)31(43)50-17-38(16-42,18-51-32(44)25(3)4)19-55-36(48)40-15-29-12-11-13-30(14-29)41-37(49)56-23-39(20-52-33(45)26(5)6,21-53-34(46)27(7)8)22-54-35(47)28(9)10/h11-14,42H,1,3,5,7,9,15-23H2,2,4,6,8,10H3,(H,40,48)(H,41,49). The van der Waals surface area contributed by atoms with E-state index >= 15 is 0 Å². The third-order valence-corrected chi connectivity index (χ3v) is 7.25. The highest BCUT2D eigenvalue weighted by Gasteiger charge is 2.39. The Labute approximate surface area is 325 Å². The van der Waals surface area contributed by atoms with Gasteiger partial charge in [-0.25, -0.2) is 33.6 Å². The van der Waals surface area contributed by atoms with Crippen LogP contribution < -0.4 is 10.6 Å². The second-order valence-corrected chi connectivity index (χ2v) is 13.3. The van der Waals surface area contributed by atoms with Crippen molar-refractivity contribution in [3.63, 3.8) is 0 Å². The smallest absolute Gasteiger partial charge is 0.411 e. The number of anilines is 1. The van der Waals surface area contributed by atoms with Crippen LogP contribution in [0.4, 0.5) is 15.3 Å². The Hall–Kier alpha value is -6.23. The van der Waals surface area contributed by atoms with Crippen LogP contribution in [0.3, 0.4) is 0 Å². The zero-order valence-corrected chi connectivity index (χ0v) is 32.4. The molecule has 0 atom stereocenters. The van der Waals surface area contributed by atoms with Gasteiger partial charge in [0, 0.05) is 40.1 Å². The number of amides is 2. The highest BCUT2D eigenvalue weighted by molar-refractivity contribution is 5.89. The Balaban J connectivity index is 3.05. The SMILES string of the molecule is C=C(C)C(=O)OCC(CO)(COC(=O)NCc1cccc(NC(=O)OCC(COC(=O)C(=C)C)(COC(=O)C(=C)C)COC(=O)C(=C)C)c1)COC(=O)C(=C)C. The fourth-order valence-corrected chi connectivity index (χ4v) is 3.80. The van der Waals surface area contributed by atoms with Crippen molar-refractivity contribution in [1.82, 2.24) is 5.32 Å². The van der Waals surface area contributed by atoms with E-state index in [0.717, 1.165) is 0 Å². The second-order valence-electron chi connectivity index (χ2n) is 13.3. The molecule has 56 heavy (non-hydrogen) atoms. The van der Waals surface area contributed by atoms with E-state index in [9.17, 15) is 38.7 Å². The van der Waals surface area contributed by atoms with Crippen LogP contribution in [0.1, 0.15) is 40.2 Å². The summed E-state index contributed by atoms with van der Waals surface area (Å²) >= 11 is 0. The molecule has 1 aromatic carbocycles. The van der Waals surface area contributed by atoms with E-state index in [2.05, 4.69) is 43.5 Å². The van der Waals surface area contributed by atoms with E-state index < -0.39 is 106 Å². The van der Waals surface area contributed by atoms with E-state index in [0.29, 0.717) is 5.56 Å². The minimum atomic E-state index is -1.57. The molecule has 0 aliphatic carbocycles. The lowest BCUT2D eigenvalue weighted by Gasteiger charge is -2.31. The lowest BCUT2D eigenvalue weighted by molar-refractivity contribution is -0.160. The fraction of sp³-hybridized carbons (Fsp3) is 0.410. The van der Waals surface area contributed by atoms with Crippen molar-refractivity contribution in [2.24, 2.45) is 10.8 Å². The first-order chi connectivity index (χ1) is 26.1. The molecule has 0 saturated heterocycles. The van der Waals surface area contributed by atoms with Crippen molar-refractivity contribution in [2.75, 3.05) is 58.2 Å². The molecule has 0 aliphatic rings. The summed E-state index contributed by atoms with van der Waals surface area (Å²) in [7, 11) is 0. The number of aliphatic hydroxyl groups is 1. The molecule has 0 bridgehead atoms. The number of carbonyl (C=O) groups is 7. The average Bonchev–Trinajstić information content (AvgIpc) is 3.15. The van der Waals surface area contributed by atoms with Crippen LogP contribution in [-0.4, -0.2) is 100.0 Å². The Morgan fingerprint density at radius 3 is 1.25 bits per heavy atom. The van der Waals surface area contributed by atoms with Crippen molar-refractivity contribution in [3.05, 3.63) is 90.6 Å². The zero-order chi connectivity index (χ0) is 42.6. The van der Waals surface area contributed by atoms with Crippen molar-refractivity contribution in [1.29, 1.82) is 0 Å². The van der Waals surface area contributed by atoms with Gasteiger partial charge < -0.3 is 43.6 Å². The molecule has 0 aromatic heterocycles. The van der Waals surface area contributed by atoms with Crippen LogP contribution in [0.25, 0.3) is 0 Å². The molecule has 2 amide bonds. The molecule has 306 valence electrons. The summed E-state index contributed by atoms with van der Waals surface area (Å²) in [6.07, 6.45) is -1.94. The molecule has 1 aromatic rings. The minimum Gasteiger partial charge on any atom is -0.461 e. The summed E-state index contributed by atoms with van der Waals surface area (Å²) in [5.74, 6) is -3.94. The molecule has 0 heterocycles. The van der Waals surface area contributed by atoms with Crippen molar-refractivity contribution in [3.8, 4) is 0 Å². The molecule has 3 N–H and O–H groups in total. The fourth-order valence-electron chi connectivity index (χ4n) is 3.80. The van der Waals surface area contributed by atoms with Gasteiger partial charge in [0.2, 0.25) is 0 Å². The van der Waals surface area contributed by atoms with Crippen LogP contribution >= 0.6 is 0 Å². The van der Waals surface area contributed by atoms with E-state index in [1.54, 1.807) is 12.1 Å². The summed E-state index contributed by atoms with van der Waals surface area (Å²) in [6.45, 7) is 20.2. The first-order valence-electron chi connectivity index (χ1n) is 16.8. The van der Waals surface area contributed by atoms with Crippen LogP contribution in [0.15, 0.2) is 85.0 Å². The molecule has 1 rings (SSSR count). The molecule has 0 spiro atoms. The first kappa shape index (κ1) is 47.8. The summed E-state index contributed by atoms with van der Waals surface area (Å²) < 4.78 is 36.9. The lowest BCUT2D eigenvalue weighted by atomic mass is 9.92. The third-order valence-electron chi connectivity index (χ3n) is 7.25. The highest BCUT2D eigenvalue weighted by Crippen LogP contribution is 2.24. The molecule has 0 radical (unpaired) electrons. The summed E-state index contributed by atoms with van der Waals surface area (Å²) in [5, 5.41) is 15.2. The number of hydrogen-bond donors (Lipinski definition) is 3. The number of benzene rings is 1. The third kappa shape index (κ3) is 17.3. The van der Waals surface area contributed by atoms with Crippen LogP contribution in [-0.2, 0) is 63.7 Å². The van der Waals surface area contributed by atoms with E-state index in [4.69, 9.17) is 33.2 Å². The van der Waals surface area contributed by atoms with Gasteiger partial charge in [-0.2, -0.15) is 0 Å². The maximum absolute atomic E-state index is 13.0. The molecule has 0 fully saturated rings. The number of aliphatic hydroxyl groups excluding tert-OH is 1. The minimum absolute atomic E-state index is 0.0551. The van der Waals surface area contributed by atoms with Crippen LogP contribution in [0, 0.1) is 10.8 Å². The quantitative estimate of drug-likeness (QED) is 0.0809. The summed E-state index contributed by atoms with van der Waals surface area (Å²) in [5.41, 5.74) is -2.05. The molecular weight excluding hydrogens is 736 g/mol. The van der Waals surface area contributed by atoms with Gasteiger partial charge >= 0.3 is 42.0 Å². The predicted octanol–water partition coefficient (Wildman–Crippen LogP) is 4.02. The van der Waals surface area contributed by atoms with Gasteiger partial charge in [0.1, 0.15) is 51.7 Å². The van der Waals surface area contributed by atoms with Crippen molar-refractivity contribution >= 4 is 47.7 Å². The Bertz CT molecular complexity index is 1610. The number of rotatable bonds is 23. The molecule has 0 saturated carbocycles. The highest BCUT2D eigenvalue weighted by atomic mass is 16.6. The normalized spacial score (nSPS) is 10.8.